The highest BCUT2D eigenvalue weighted by Gasteiger charge is 2.14. The van der Waals surface area contributed by atoms with Crippen LogP contribution in [-0.2, 0) is 44.9 Å². The molecule has 4 N–H and O–H groups in total. The first-order valence-electron chi connectivity index (χ1n) is 20.6. The minimum atomic E-state index is -0.157. The quantitative estimate of drug-likeness (QED) is 0.0824. The molecule has 0 aliphatic rings. The van der Waals surface area contributed by atoms with Gasteiger partial charge < -0.3 is 19.9 Å². The SMILES string of the molecule is CC(C)Cc1ncc(Cc2ccc(CC(C)Cc3ncc(Cc4c[nH]c5cc(-c6ccc(Cc7ncc(Cc8ccccc8)[nH]c7=O)cc6)ccc45)[nH]c3=O)cc2)[nH]c1=O. The lowest BCUT2D eigenvalue weighted by atomic mass is 9.95. The molecule has 0 bridgehead atoms. The molecule has 4 aromatic heterocycles. The summed E-state index contributed by atoms with van der Waals surface area (Å²) in [6.07, 6.45) is 11.6. The van der Waals surface area contributed by atoms with E-state index in [0.29, 0.717) is 61.5 Å². The summed E-state index contributed by atoms with van der Waals surface area (Å²) < 4.78 is 0. The second-order valence-electron chi connectivity index (χ2n) is 16.4. The third-order valence-corrected chi connectivity index (χ3v) is 10.9. The molecule has 0 aliphatic heterocycles. The summed E-state index contributed by atoms with van der Waals surface area (Å²) in [7, 11) is 0. The Hall–Kier alpha value is -6.94. The van der Waals surface area contributed by atoms with Crippen LogP contribution in [0.2, 0.25) is 0 Å². The topological polar surface area (TPSA) is 153 Å². The first-order valence-corrected chi connectivity index (χ1v) is 20.6. The Morgan fingerprint density at radius 2 is 1.02 bits per heavy atom. The van der Waals surface area contributed by atoms with Crippen molar-refractivity contribution >= 4 is 10.9 Å². The summed E-state index contributed by atoms with van der Waals surface area (Å²) in [6, 6.07) is 33.0. The van der Waals surface area contributed by atoms with Gasteiger partial charge in [-0.25, -0.2) is 0 Å². The Morgan fingerprint density at radius 1 is 0.500 bits per heavy atom. The van der Waals surface area contributed by atoms with Crippen molar-refractivity contribution < 1.29 is 0 Å². The Bertz CT molecular complexity index is 2910. The summed E-state index contributed by atoms with van der Waals surface area (Å²) in [6.45, 7) is 6.29. The fourth-order valence-electron chi connectivity index (χ4n) is 7.83. The van der Waals surface area contributed by atoms with Gasteiger partial charge in [-0.05, 0) is 76.1 Å². The highest BCUT2D eigenvalue weighted by atomic mass is 16.1. The number of aromatic nitrogens is 7. The van der Waals surface area contributed by atoms with Gasteiger partial charge in [-0.1, -0.05) is 112 Å². The average Bonchev–Trinajstić information content (AvgIpc) is 3.64. The molecule has 4 aromatic carbocycles. The van der Waals surface area contributed by atoms with Gasteiger partial charge in [0.25, 0.3) is 16.7 Å². The van der Waals surface area contributed by atoms with Crippen LogP contribution in [0, 0.1) is 11.8 Å². The van der Waals surface area contributed by atoms with E-state index in [0.717, 1.165) is 67.8 Å². The van der Waals surface area contributed by atoms with Crippen molar-refractivity contribution in [1.82, 2.24) is 34.9 Å². The minimum Gasteiger partial charge on any atom is -0.361 e. The predicted octanol–water partition coefficient (Wildman–Crippen LogP) is 8.07. The van der Waals surface area contributed by atoms with Crippen molar-refractivity contribution in [3.05, 3.63) is 215 Å². The Labute approximate surface area is 348 Å². The molecule has 1 unspecified atom stereocenters. The molecule has 8 aromatic rings. The number of fused-ring (bicyclic) bond motifs is 1. The number of hydrogen-bond acceptors (Lipinski definition) is 6. The van der Waals surface area contributed by atoms with Crippen LogP contribution in [0.5, 0.6) is 0 Å². The number of hydrogen-bond donors (Lipinski definition) is 4. The van der Waals surface area contributed by atoms with Gasteiger partial charge in [0.05, 0.1) is 0 Å². The molecule has 0 saturated heterocycles. The number of nitrogens with one attached hydrogen (secondary N) is 4. The summed E-state index contributed by atoms with van der Waals surface area (Å²) in [4.78, 5) is 64.4. The minimum absolute atomic E-state index is 0.108. The Kier molecular flexibility index (Phi) is 11.9. The zero-order valence-corrected chi connectivity index (χ0v) is 34.2. The van der Waals surface area contributed by atoms with E-state index in [4.69, 9.17) is 0 Å². The normalized spacial score (nSPS) is 12.0. The van der Waals surface area contributed by atoms with E-state index in [1.54, 1.807) is 18.6 Å². The standard InChI is InChI=1S/C50H49N7O3/c1-31(2)19-45-48(58)55-41(28-52-45)23-35-11-9-34(10-12-35)20-32(3)21-46-49(59)57-42(30-53-46)25-39-27-51-44-26-38(17-18-43(39)44)37-15-13-36(14-16-37)24-47-50(60)56-40(29-54-47)22-33-7-5-4-6-8-33/h4-18,26-32,51H,19-25H2,1-3H3,(H,55,58)(H,56,60)(H,57,59). The van der Waals surface area contributed by atoms with E-state index in [1.807, 2.05) is 48.7 Å². The molecular formula is C50H49N7O3. The average molecular weight is 796 g/mol. The summed E-state index contributed by atoms with van der Waals surface area (Å²) in [5.74, 6) is 0.590. The lowest BCUT2D eigenvalue weighted by Gasteiger charge is -2.12. The van der Waals surface area contributed by atoms with Crippen LogP contribution in [0.15, 0.2) is 136 Å². The highest BCUT2D eigenvalue weighted by Crippen LogP contribution is 2.28. The monoisotopic (exact) mass is 795 g/mol. The van der Waals surface area contributed by atoms with Gasteiger partial charge in [0.2, 0.25) is 0 Å². The van der Waals surface area contributed by atoms with Gasteiger partial charge in [-0.15, -0.1) is 0 Å². The Balaban J connectivity index is 0.847. The molecule has 60 heavy (non-hydrogen) atoms. The molecule has 302 valence electrons. The molecule has 10 nitrogen and oxygen atoms in total. The first kappa shape index (κ1) is 39.9. The number of aromatic amines is 4. The van der Waals surface area contributed by atoms with Crippen LogP contribution in [0.25, 0.3) is 22.0 Å². The van der Waals surface area contributed by atoms with Crippen LogP contribution >= 0.6 is 0 Å². The van der Waals surface area contributed by atoms with E-state index in [-0.39, 0.29) is 22.6 Å². The van der Waals surface area contributed by atoms with Crippen molar-refractivity contribution in [2.24, 2.45) is 11.8 Å². The molecule has 10 heteroatoms. The van der Waals surface area contributed by atoms with Gasteiger partial charge in [-0.3, -0.25) is 29.3 Å². The van der Waals surface area contributed by atoms with E-state index < -0.39 is 0 Å². The number of rotatable bonds is 15. The summed E-state index contributed by atoms with van der Waals surface area (Å²) in [5, 5.41) is 1.09. The van der Waals surface area contributed by atoms with E-state index in [1.165, 1.54) is 5.56 Å². The summed E-state index contributed by atoms with van der Waals surface area (Å²) in [5.41, 5.74) is 12.2. The van der Waals surface area contributed by atoms with Gasteiger partial charge >= 0.3 is 0 Å². The third kappa shape index (κ3) is 9.84. The van der Waals surface area contributed by atoms with Gasteiger partial charge in [0, 0.05) is 78.5 Å². The van der Waals surface area contributed by atoms with Crippen molar-refractivity contribution in [3.63, 3.8) is 0 Å². The molecule has 0 amide bonds. The lowest BCUT2D eigenvalue weighted by molar-refractivity contribution is 0.564. The van der Waals surface area contributed by atoms with Crippen molar-refractivity contribution in [2.75, 3.05) is 0 Å². The third-order valence-electron chi connectivity index (χ3n) is 10.9. The second kappa shape index (κ2) is 17.9. The maximum Gasteiger partial charge on any atom is 0.270 e. The van der Waals surface area contributed by atoms with Gasteiger partial charge in [0.1, 0.15) is 17.1 Å². The highest BCUT2D eigenvalue weighted by molar-refractivity contribution is 5.88. The van der Waals surface area contributed by atoms with Crippen LogP contribution in [-0.4, -0.2) is 34.9 Å². The molecule has 8 rings (SSSR count). The van der Waals surface area contributed by atoms with Crippen LogP contribution in [0.1, 0.15) is 82.8 Å². The molecule has 0 aliphatic carbocycles. The molecule has 0 radical (unpaired) electrons. The number of benzene rings is 4. The van der Waals surface area contributed by atoms with Crippen LogP contribution in [0.4, 0.5) is 0 Å². The second-order valence-corrected chi connectivity index (χ2v) is 16.4. The van der Waals surface area contributed by atoms with Gasteiger partial charge in [0.15, 0.2) is 0 Å². The number of nitrogens with zero attached hydrogens (tertiary/aromatic N) is 3. The maximum absolute atomic E-state index is 13.2. The molecule has 0 spiro atoms. The van der Waals surface area contributed by atoms with Crippen molar-refractivity contribution in [1.29, 1.82) is 0 Å². The molecule has 0 fully saturated rings. The fraction of sp³-hybridized carbons (Fsp3) is 0.240. The fourth-order valence-corrected chi connectivity index (χ4v) is 7.83. The molecule has 1 atom stereocenters. The van der Waals surface area contributed by atoms with E-state index >= 15 is 0 Å². The largest absolute Gasteiger partial charge is 0.361 e. The first-order chi connectivity index (χ1) is 29.1. The number of H-pyrrole nitrogens is 4. The smallest absolute Gasteiger partial charge is 0.270 e. The predicted molar refractivity (Wildman–Crippen MR) is 238 cm³/mol. The maximum atomic E-state index is 13.2. The summed E-state index contributed by atoms with van der Waals surface area (Å²) >= 11 is 0. The van der Waals surface area contributed by atoms with Gasteiger partial charge in [-0.2, -0.15) is 0 Å². The van der Waals surface area contributed by atoms with Crippen molar-refractivity contribution in [3.8, 4) is 11.1 Å². The molecular weight excluding hydrogens is 747 g/mol. The molecule has 0 saturated carbocycles. The Morgan fingerprint density at radius 3 is 1.63 bits per heavy atom. The van der Waals surface area contributed by atoms with E-state index in [2.05, 4.69) is 110 Å². The van der Waals surface area contributed by atoms with Crippen molar-refractivity contribution in [2.45, 2.75) is 65.7 Å². The van der Waals surface area contributed by atoms with Crippen LogP contribution in [0.3, 0.4) is 0 Å². The van der Waals surface area contributed by atoms with Crippen LogP contribution < -0.4 is 16.7 Å². The zero-order chi connectivity index (χ0) is 41.6. The lowest BCUT2D eigenvalue weighted by Crippen LogP contribution is -2.20. The molecule has 4 heterocycles. The zero-order valence-electron chi connectivity index (χ0n) is 34.2. The van der Waals surface area contributed by atoms with E-state index in [9.17, 15) is 14.4 Å².